The van der Waals surface area contributed by atoms with Crippen LogP contribution in [0.3, 0.4) is 0 Å². The van der Waals surface area contributed by atoms with Crippen molar-refractivity contribution in [1.82, 2.24) is 15.1 Å². The Bertz CT molecular complexity index is 271. The molecule has 1 fully saturated rings. The lowest BCUT2D eigenvalue weighted by molar-refractivity contribution is -0.131. The second-order valence-corrected chi connectivity index (χ2v) is 6.57. The van der Waals surface area contributed by atoms with E-state index in [9.17, 15) is 4.79 Å². The Hall–Kier alpha value is -0.610. The summed E-state index contributed by atoms with van der Waals surface area (Å²) < 4.78 is 0. The first-order chi connectivity index (χ1) is 8.90. The van der Waals surface area contributed by atoms with Gasteiger partial charge in [0.15, 0.2) is 0 Å². The smallest absolute Gasteiger partial charge is 0.239 e. The fourth-order valence-electron chi connectivity index (χ4n) is 2.63. The second kappa shape index (κ2) is 7.85. The molecule has 1 rings (SSSR count). The summed E-state index contributed by atoms with van der Waals surface area (Å²) in [4.78, 5) is 16.2. The summed E-state index contributed by atoms with van der Waals surface area (Å²) in [6, 6.07) is -0.0188. The number of piperidine rings is 1. The average molecular weight is 269 g/mol. The van der Waals surface area contributed by atoms with Crippen LogP contribution in [-0.2, 0) is 4.79 Å². The van der Waals surface area contributed by atoms with Crippen LogP contribution in [-0.4, -0.2) is 62.5 Å². The highest BCUT2D eigenvalue weighted by atomic mass is 16.2. The highest BCUT2D eigenvalue weighted by Crippen LogP contribution is 2.16. The minimum Gasteiger partial charge on any atom is -0.347 e. The molecule has 112 valence electrons. The SMILES string of the molecule is CC(C)CC(NCC1CCN(C)CC1)C(=O)N(C)C. The van der Waals surface area contributed by atoms with Gasteiger partial charge in [0, 0.05) is 14.1 Å². The molecule has 4 nitrogen and oxygen atoms in total. The van der Waals surface area contributed by atoms with Gasteiger partial charge in [0.2, 0.25) is 5.91 Å². The Morgan fingerprint density at radius 3 is 2.37 bits per heavy atom. The number of carbonyl (C=O) groups excluding carboxylic acids is 1. The lowest BCUT2D eigenvalue weighted by Crippen LogP contribution is -2.47. The van der Waals surface area contributed by atoms with Crippen LogP contribution >= 0.6 is 0 Å². The van der Waals surface area contributed by atoms with Crippen LogP contribution in [0, 0.1) is 11.8 Å². The van der Waals surface area contributed by atoms with Crippen LogP contribution in [0.2, 0.25) is 0 Å². The number of amides is 1. The van der Waals surface area contributed by atoms with E-state index in [0.717, 1.165) is 18.9 Å². The van der Waals surface area contributed by atoms with Gasteiger partial charge in [-0.25, -0.2) is 0 Å². The van der Waals surface area contributed by atoms with E-state index < -0.39 is 0 Å². The number of hydrogen-bond acceptors (Lipinski definition) is 3. The van der Waals surface area contributed by atoms with Crippen LogP contribution in [0.25, 0.3) is 0 Å². The number of rotatable bonds is 6. The van der Waals surface area contributed by atoms with Gasteiger partial charge in [0.1, 0.15) is 0 Å². The summed E-state index contributed by atoms with van der Waals surface area (Å²) in [5, 5.41) is 3.51. The number of hydrogen-bond donors (Lipinski definition) is 1. The second-order valence-electron chi connectivity index (χ2n) is 6.57. The monoisotopic (exact) mass is 269 g/mol. The van der Waals surface area contributed by atoms with Crippen molar-refractivity contribution in [2.75, 3.05) is 40.8 Å². The molecule has 1 aliphatic heterocycles. The summed E-state index contributed by atoms with van der Waals surface area (Å²) in [5.74, 6) is 1.47. The Balaban J connectivity index is 2.41. The Labute approximate surface area is 118 Å². The molecule has 0 spiro atoms. The van der Waals surface area contributed by atoms with Gasteiger partial charge in [0.05, 0.1) is 6.04 Å². The quantitative estimate of drug-likeness (QED) is 0.792. The van der Waals surface area contributed by atoms with Crippen molar-refractivity contribution in [2.45, 2.75) is 39.2 Å². The lowest BCUT2D eigenvalue weighted by atomic mass is 9.96. The van der Waals surface area contributed by atoms with E-state index in [-0.39, 0.29) is 11.9 Å². The predicted octanol–water partition coefficient (Wildman–Crippen LogP) is 1.42. The number of nitrogens with zero attached hydrogens (tertiary/aromatic N) is 2. The molecular weight excluding hydrogens is 238 g/mol. The maximum Gasteiger partial charge on any atom is 0.239 e. The molecule has 0 aromatic carbocycles. The molecular formula is C15H31N3O. The van der Waals surface area contributed by atoms with E-state index in [2.05, 4.69) is 31.1 Å². The van der Waals surface area contributed by atoms with Crippen molar-refractivity contribution in [1.29, 1.82) is 0 Å². The minimum absolute atomic E-state index is 0.0188. The van der Waals surface area contributed by atoms with Crippen molar-refractivity contribution in [3.8, 4) is 0 Å². The number of nitrogens with one attached hydrogen (secondary N) is 1. The highest BCUT2D eigenvalue weighted by Gasteiger charge is 2.23. The molecule has 1 amide bonds. The molecule has 1 atom stereocenters. The molecule has 0 bridgehead atoms. The number of likely N-dealkylation sites (tertiary alicyclic amines) is 1. The van der Waals surface area contributed by atoms with E-state index in [0.29, 0.717) is 5.92 Å². The van der Waals surface area contributed by atoms with Crippen LogP contribution in [0.4, 0.5) is 0 Å². The molecule has 0 aliphatic carbocycles. The predicted molar refractivity (Wildman–Crippen MR) is 80.2 cm³/mol. The molecule has 4 heteroatoms. The fraction of sp³-hybridized carbons (Fsp3) is 0.933. The van der Waals surface area contributed by atoms with Gasteiger partial charge in [-0.2, -0.15) is 0 Å². The third kappa shape index (κ3) is 5.91. The van der Waals surface area contributed by atoms with Gasteiger partial charge in [-0.1, -0.05) is 13.8 Å². The first-order valence-electron chi connectivity index (χ1n) is 7.53. The number of carbonyl (C=O) groups is 1. The van der Waals surface area contributed by atoms with Crippen LogP contribution in [0.5, 0.6) is 0 Å². The standard InChI is InChI=1S/C15H31N3O/c1-12(2)10-14(15(19)17(3)4)16-11-13-6-8-18(5)9-7-13/h12-14,16H,6-11H2,1-5H3. The molecule has 1 aliphatic rings. The van der Waals surface area contributed by atoms with Crippen LogP contribution < -0.4 is 5.32 Å². The average Bonchev–Trinajstić information content (AvgIpc) is 2.35. The van der Waals surface area contributed by atoms with Gasteiger partial charge in [0.25, 0.3) is 0 Å². The Morgan fingerprint density at radius 2 is 1.89 bits per heavy atom. The Morgan fingerprint density at radius 1 is 1.32 bits per heavy atom. The summed E-state index contributed by atoms with van der Waals surface area (Å²) >= 11 is 0. The van der Waals surface area contributed by atoms with Crippen molar-refractivity contribution >= 4 is 5.91 Å². The maximum absolute atomic E-state index is 12.2. The van der Waals surface area contributed by atoms with E-state index in [1.54, 1.807) is 4.90 Å². The molecule has 1 N–H and O–H groups in total. The Kier molecular flexibility index (Phi) is 6.80. The summed E-state index contributed by atoms with van der Waals surface area (Å²) in [6.07, 6.45) is 3.41. The molecule has 1 unspecified atom stereocenters. The third-order valence-corrected chi connectivity index (χ3v) is 3.94. The zero-order valence-electron chi connectivity index (χ0n) is 13.3. The van der Waals surface area contributed by atoms with Crippen LogP contribution in [0.1, 0.15) is 33.1 Å². The zero-order valence-corrected chi connectivity index (χ0v) is 13.3. The maximum atomic E-state index is 12.2. The first-order valence-corrected chi connectivity index (χ1v) is 7.53. The van der Waals surface area contributed by atoms with Crippen molar-refractivity contribution in [2.24, 2.45) is 11.8 Å². The molecule has 0 saturated carbocycles. The van der Waals surface area contributed by atoms with Crippen molar-refractivity contribution in [3.05, 3.63) is 0 Å². The van der Waals surface area contributed by atoms with Gasteiger partial charge >= 0.3 is 0 Å². The van der Waals surface area contributed by atoms with E-state index in [1.807, 2.05) is 14.1 Å². The topological polar surface area (TPSA) is 35.6 Å². The summed E-state index contributed by atoms with van der Waals surface area (Å²) in [7, 11) is 5.86. The lowest BCUT2D eigenvalue weighted by Gasteiger charge is -2.31. The van der Waals surface area contributed by atoms with E-state index in [4.69, 9.17) is 0 Å². The number of likely N-dealkylation sites (N-methyl/N-ethyl adjacent to an activating group) is 1. The summed E-state index contributed by atoms with van der Waals surface area (Å²) in [6.45, 7) is 7.69. The molecule has 1 heterocycles. The van der Waals surface area contributed by atoms with Crippen molar-refractivity contribution in [3.63, 3.8) is 0 Å². The van der Waals surface area contributed by atoms with Gasteiger partial charge in [-0.3, -0.25) is 4.79 Å². The largest absolute Gasteiger partial charge is 0.347 e. The zero-order chi connectivity index (χ0) is 14.4. The minimum atomic E-state index is -0.0188. The van der Waals surface area contributed by atoms with Crippen LogP contribution in [0.15, 0.2) is 0 Å². The fourth-order valence-corrected chi connectivity index (χ4v) is 2.63. The third-order valence-electron chi connectivity index (χ3n) is 3.94. The van der Waals surface area contributed by atoms with Gasteiger partial charge in [-0.05, 0) is 57.8 Å². The van der Waals surface area contributed by atoms with E-state index >= 15 is 0 Å². The first kappa shape index (κ1) is 16.4. The molecule has 0 radical (unpaired) electrons. The molecule has 0 aromatic heterocycles. The van der Waals surface area contributed by atoms with Gasteiger partial charge < -0.3 is 15.1 Å². The molecule has 1 saturated heterocycles. The van der Waals surface area contributed by atoms with Gasteiger partial charge in [-0.15, -0.1) is 0 Å². The summed E-state index contributed by atoms with van der Waals surface area (Å²) in [5.41, 5.74) is 0. The van der Waals surface area contributed by atoms with Crippen molar-refractivity contribution < 1.29 is 4.79 Å². The van der Waals surface area contributed by atoms with E-state index in [1.165, 1.54) is 25.9 Å². The highest BCUT2D eigenvalue weighted by molar-refractivity contribution is 5.81. The molecule has 0 aromatic rings. The molecule has 19 heavy (non-hydrogen) atoms. The normalized spacial score (nSPS) is 19.7.